The fourth-order valence-corrected chi connectivity index (χ4v) is 6.81. The van der Waals surface area contributed by atoms with E-state index in [1.54, 1.807) is 0 Å². The second kappa shape index (κ2) is 12.6. The van der Waals surface area contributed by atoms with Gasteiger partial charge in [0.05, 0.1) is 18.8 Å². The largest absolute Gasteiger partial charge is 0.393 e. The minimum Gasteiger partial charge on any atom is -0.393 e. The highest BCUT2D eigenvalue weighted by Crippen LogP contribution is 2.47. The molecule has 10 nitrogen and oxygen atoms in total. The molecule has 5 atom stereocenters. The zero-order chi connectivity index (χ0) is 29.8. The third-order valence-electron chi connectivity index (χ3n) is 9.12. The number of fused-ring (bicyclic) bond motifs is 2. The predicted molar refractivity (Wildman–Crippen MR) is 159 cm³/mol. The molecule has 1 saturated carbocycles. The maximum Gasteiger partial charge on any atom is 0.373 e. The number of para-hydroxylation sites is 1. The van der Waals surface area contributed by atoms with Gasteiger partial charge in [0, 0.05) is 48.5 Å². The van der Waals surface area contributed by atoms with Crippen LogP contribution in [0.15, 0.2) is 54.7 Å². The molecule has 1 saturated heterocycles. The molecule has 0 amide bonds. The van der Waals surface area contributed by atoms with Gasteiger partial charge in [0.25, 0.3) is 0 Å². The highest BCUT2D eigenvalue weighted by molar-refractivity contribution is 5.85. The van der Waals surface area contributed by atoms with Crippen molar-refractivity contribution in [2.24, 2.45) is 17.8 Å². The molecule has 0 spiro atoms. The third-order valence-corrected chi connectivity index (χ3v) is 9.12. The van der Waals surface area contributed by atoms with Crippen molar-refractivity contribution in [1.82, 2.24) is 25.0 Å². The van der Waals surface area contributed by atoms with Gasteiger partial charge in [0.2, 0.25) is 0 Å². The van der Waals surface area contributed by atoms with Crippen LogP contribution in [0.1, 0.15) is 43.5 Å². The van der Waals surface area contributed by atoms with Gasteiger partial charge in [0.1, 0.15) is 11.7 Å². The second-order valence-electron chi connectivity index (χ2n) is 11.6. The number of nitrogens with one attached hydrogen (secondary N) is 1. The van der Waals surface area contributed by atoms with Crippen LogP contribution in [-0.2, 0) is 22.6 Å². The van der Waals surface area contributed by atoms with E-state index < -0.39 is 0 Å². The summed E-state index contributed by atoms with van der Waals surface area (Å²) < 4.78 is 1.92. The van der Waals surface area contributed by atoms with E-state index in [1.807, 2.05) is 30.0 Å². The van der Waals surface area contributed by atoms with Crippen molar-refractivity contribution >= 4 is 22.7 Å². The molecule has 218 valence electrons. The number of aryl methyl sites for hydroxylation is 2. The average molecular weight is 568 g/mol. The van der Waals surface area contributed by atoms with Crippen molar-refractivity contribution in [2.75, 3.05) is 25.5 Å². The minimum atomic E-state index is -0.242. The molecule has 2 aliphatic rings. The van der Waals surface area contributed by atoms with Gasteiger partial charge in [-0.2, -0.15) is 21.1 Å². The smallest absolute Gasteiger partial charge is 0.373 e. The number of aromatic nitrogens is 4. The van der Waals surface area contributed by atoms with Crippen LogP contribution in [0.25, 0.3) is 27.1 Å². The van der Waals surface area contributed by atoms with Crippen LogP contribution >= 0.6 is 0 Å². The maximum absolute atomic E-state index is 10.6. The summed E-state index contributed by atoms with van der Waals surface area (Å²) in [5.41, 5.74) is 6.55. The number of hydrogen-bond donors (Lipinski definition) is 2. The van der Waals surface area contributed by atoms with Gasteiger partial charge in [0.15, 0.2) is 0 Å². The van der Waals surface area contributed by atoms with Crippen molar-refractivity contribution in [3.8, 4) is 11.3 Å². The molecule has 2 fully saturated rings. The monoisotopic (exact) mass is 567 g/mol. The molecule has 0 radical (unpaired) electrons. The van der Waals surface area contributed by atoms with Gasteiger partial charge in [-0.25, -0.2) is 0 Å². The zero-order valence-corrected chi connectivity index (χ0v) is 24.3. The van der Waals surface area contributed by atoms with E-state index in [1.165, 1.54) is 10.9 Å². The van der Waals surface area contributed by atoms with Crippen LogP contribution in [0.4, 0.5) is 5.69 Å². The van der Waals surface area contributed by atoms with Crippen LogP contribution in [0.2, 0.25) is 0 Å². The molecule has 6 rings (SSSR count). The Labute approximate surface area is 245 Å². The summed E-state index contributed by atoms with van der Waals surface area (Å²) in [6.07, 6.45) is 5.55. The minimum absolute atomic E-state index is 0.0135. The number of nitrogens with zero attached hydrogens (tertiary/aromatic N) is 6. The van der Waals surface area contributed by atoms with Gasteiger partial charge in [-0.3, -0.25) is 4.68 Å². The number of benzene rings is 2. The topological polar surface area (TPSA) is 112 Å². The lowest BCUT2D eigenvalue weighted by molar-refractivity contribution is -0.191. The Bertz CT molecular complexity index is 1580. The Morgan fingerprint density at radius 2 is 1.88 bits per heavy atom. The fraction of sp³-hybridized carbons (Fsp3) is 0.438. The quantitative estimate of drug-likeness (QED) is 0.323. The van der Waals surface area contributed by atoms with E-state index in [-0.39, 0.29) is 24.2 Å². The van der Waals surface area contributed by atoms with Crippen molar-refractivity contribution in [2.45, 2.75) is 51.3 Å². The highest BCUT2D eigenvalue weighted by Gasteiger charge is 2.46. The van der Waals surface area contributed by atoms with Crippen molar-refractivity contribution in [3.63, 3.8) is 0 Å². The van der Waals surface area contributed by atoms with Crippen molar-refractivity contribution in [1.29, 1.82) is 0 Å². The molecule has 4 aromatic rings. The number of carbonyl (C=O) groups excluding carboxylic acids is 2. The first kappa shape index (κ1) is 29.1. The van der Waals surface area contributed by atoms with Crippen LogP contribution in [-0.4, -0.2) is 63.0 Å². The first-order valence-electron chi connectivity index (χ1n) is 14.4. The molecule has 0 unspecified atom stereocenters. The standard InChI is InChI=1S/C31H37N7O.CO2/c1-20-26-17-29(38(32-2)18-22(26)11-14-30(20)39)31-25(24-7-5-6-8-27(24)33-31)15-16-37-19-28(34-35-37)21-9-12-23(13-10-21)36(3)4;2-1-3/h5-10,12-13,19-20,22,26,29-30,33,39H,11,14-18H2,1,3-4H3;/t20-,22+,26-,29+,30+;/m1./s1. The number of rotatable bonds is 6. The van der Waals surface area contributed by atoms with Crippen molar-refractivity contribution in [3.05, 3.63) is 77.5 Å². The summed E-state index contributed by atoms with van der Waals surface area (Å²) in [5.74, 6) is 1.15. The predicted octanol–water partition coefficient (Wildman–Crippen LogP) is 4.76. The van der Waals surface area contributed by atoms with Crippen LogP contribution in [0, 0.1) is 24.3 Å². The van der Waals surface area contributed by atoms with Crippen molar-refractivity contribution < 1.29 is 14.7 Å². The van der Waals surface area contributed by atoms with E-state index in [9.17, 15) is 5.11 Å². The molecular weight excluding hydrogens is 530 g/mol. The average Bonchev–Trinajstić information content (AvgIpc) is 3.63. The lowest BCUT2D eigenvalue weighted by Crippen LogP contribution is -2.47. The first-order chi connectivity index (χ1) is 20.3. The summed E-state index contributed by atoms with van der Waals surface area (Å²) in [7, 11) is 4.07. The molecule has 2 N–H and O–H groups in total. The number of anilines is 1. The summed E-state index contributed by atoms with van der Waals surface area (Å²) in [5, 5.41) is 22.6. The molecule has 1 aliphatic heterocycles. The zero-order valence-electron chi connectivity index (χ0n) is 24.3. The SMILES string of the molecule is O=C=O.[C-]#[N+]N1C[C@@H]2CC[C@H](O)[C@H](C)[C@H]2C[C@H]1c1[nH]c2ccccc2c1CCn1cc(-c2ccc(N(C)C)cc2)nn1. The number of piperidine rings is 1. The van der Waals surface area contributed by atoms with E-state index in [0.717, 1.165) is 60.4 Å². The molecule has 10 heteroatoms. The summed E-state index contributed by atoms with van der Waals surface area (Å²) in [6.45, 7) is 11.7. The number of H-pyrrole nitrogens is 1. The molecule has 1 aliphatic carbocycles. The summed E-state index contributed by atoms with van der Waals surface area (Å²) >= 11 is 0. The lowest BCUT2D eigenvalue weighted by atomic mass is 9.66. The number of aromatic amines is 1. The van der Waals surface area contributed by atoms with Gasteiger partial charge in [-0.1, -0.05) is 42.5 Å². The Morgan fingerprint density at radius 3 is 2.60 bits per heavy atom. The van der Waals surface area contributed by atoms with E-state index in [2.05, 4.69) is 80.6 Å². The van der Waals surface area contributed by atoms with Gasteiger partial charge < -0.3 is 15.0 Å². The molecule has 3 heterocycles. The Hall–Kier alpha value is -4.45. The molecular formula is C32H37N7O3. The summed E-state index contributed by atoms with van der Waals surface area (Å²) in [4.78, 5) is 26.0. The van der Waals surface area contributed by atoms with E-state index >= 15 is 0 Å². The van der Waals surface area contributed by atoms with Gasteiger partial charge >= 0.3 is 6.15 Å². The summed E-state index contributed by atoms with van der Waals surface area (Å²) in [6, 6.07) is 16.8. The maximum atomic E-state index is 10.6. The molecule has 2 aromatic carbocycles. The third kappa shape index (κ3) is 5.80. The molecule has 0 bridgehead atoms. The second-order valence-corrected chi connectivity index (χ2v) is 11.6. The van der Waals surface area contributed by atoms with Gasteiger partial charge in [-0.15, -0.1) is 10.1 Å². The van der Waals surface area contributed by atoms with E-state index in [4.69, 9.17) is 16.2 Å². The number of aliphatic hydroxyl groups is 1. The number of aliphatic hydroxyl groups excluding tert-OH is 1. The highest BCUT2D eigenvalue weighted by atomic mass is 16.3. The van der Waals surface area contributed by atoms with Crippen LogP contribution in [0.3, 0.4) is 0 Å². The fourth-order valence-electron chi connectivity index (χ4n) is 6.81. The lowest BCUT2D eigenvalue weighted by Gasteiger charge is -2.45. The normalized spacial score (nSPS) is 23.3. The Morgan fingerprint density at radius 1 is 1.14 bits per heavy atom. The number of hydrogen-bond acceptors (Lipinski definition) is 7. The van der Waals surface area contributed by atoms with Gasteiger partial charge in [-0.05, 0) is 67.2 Å². The Balaban J connectivity index is 0.00000113. The first-order valence-corrected chi connectivity index (χ1v) is 14.4. The molecule has 2 aromatic heterocycles. The molecule has 42 heavy (non-hydrogen) atoms. The Kier molecular flexibility index (Phi) is 8.72. The van der Waals surface area contributed by atoms with E-state index in [0.29, 0.717) is 18.4 Å². The van der Waals surface area contributed by atoms with Crippen LogP contribution in [0.5, 0.6) is 0 Å². The van der Waals surface area contributed by atoms with Crippen LogP contribution < -0.4 is 4.90 Å².